The molecular formula is C21H20ClN3O3. The fourth-order valence-electron chi connectivity index (χ4n) is 2.64. The van der Waals surface area contributed by atoms with Gasteiger partial charge in [-0.3, -0.25) is 4.79 Å². The number of aromatic nitrogens is 1. The predicted molar refractivity (Wildman–Crippen MR) is 110 cm³/mol. The monoisotopic (exact) mass is 397 g/mol. The van der Waals surface area contributed by atoms with Crippen molar-refractivity contribution in [1.29, 1.82) is 0 Å². The van der Waals surface area contributed by atoms with Crippen LogP contribution in [0.3, 0.4) is 0 Å². The van der Waals surface area contributed by atoms with Crippen molar-refractivity contribution in [2.45, 2.75) is 6.54 Å². The number of pyridine rings is 1. The third-order valence-corrected chi connectivity index (χ3v) is 4.32. The lowest BCUT2D eigenvalue weighted by Crippen LogP contribution is -2.23. The Morgan fingerprint density at radius 1 is 1.04 bits per heavy atom. The summed E-state index contributed by atoms with van der Waals surface area (Å²) in [5, 5.41) is 6.58. The second-order valence-electron chi connectivity index (χ2n) is 5.90. The van der Waals surface area contributed by atoms with E-state index in [1.165, 1.54) is 6.20 Å². The molecule has 0 saturated heterocycles. The van der Waals surface area contributed by atoms with Gasteiger partial charge in [0, 0.05) is 23.3 Å². The van der Waals surface area contributed by atoms with Gasteiger partial charge < -0.3 is 20.1 Å². The fourth-order valence-corrected chi connectivity index (χ4v) is 2.82. The number of ether oxygens (including phenoxy) is 2. The molecule has 1 aromatic heterocycles. The Bertz CT molecular complexity index is 961. The molecule has 0 aliphatic rings. The van der Waals surface area contributed by atoms with Crippen LogP contribution in [0.4, 0.5) is 11.5 Å². The van der Waals surface area contributed by atoms with E-state index in [4.69, 9.17) is 21.1 Å². The van der Waals surface area contributed by atoms with Crippen LogP contribution in [0.15, 0.2) is 60.8 Å². The van der Waals surface area contributed by atoms with E-state index in [1.54, 1.807) is 44.6 Å². The molecule has 0 aliphatic carbocycles. The summed E-state index contributed by atoms with van der Waals surface area (Å²) < 4.78 is 10.6. The molecule has 28 heavy (non-hydrogen) atoms. The van der Waals surface area contributed by atoms with Crippen LogP contribution >= 0.6 is 11.6 Å². The molecule has 0 atom stereocenters. The second kappa shape index (κ2) is 9.10. The Kier molecular flexibility index (Phi) is 6.34. The topological polar surface area (TPSA) is 72.5 Å². The van der Waals surface area contributed by atoms with E-state index in [-0.39, 0.29) is 5.91 Å². The van der Waals surface area contributed by atoms with Crippen molar-refractivity contribution < 1.29 is 14.3 Å². The largest absolute Gasteiger partial charge is 0.496 e. The van der Waals surface area contributed by atoms with Gasteiger partial charge >= 0.3 is 0 Å². The van der Waals surface area contributed by atoms with Crippen LogP contribution in [0.2, 0.25) is 5.02 Å². The van der Waals surface area contributed by atoms with E-state index in [9.17, 15) is 4.79 Å². The van der Waals surface area contributed by atoms with Crippen LogP contribution in [0, 0.1) is 0 Å². The zero-order valence-electron chi connectivity index (χ0n) is 15.5. The van der Waals surface area contributed by atoms with Crippen LogP contribution in [0.25, 0.3) is 0 Å². The van der Waals surface area contributed by atoms with E-state index in [0.29, 0.717) is 34.4 Å². The highest BCUT2D eigenvalue weighted by Gasteiger charge is 2.09. The van der Waals surface area contributed by atoms with Crippen molar-refractivity contribution in [2.24, 2.45) is 0 Å². The number of carbonyl (C=O) groups is 1. The van der Waals surface area contributed by atoms with Crippen molar-refractivity contribution in [3.05, 3.63) is 76.9 Å². The van der Waals surface area contributed by atoms with Crippen LogP contribution in [-0.2, 0) is 6.54 Å². The minimum Gasteiger partial charge on any atom is -0.496 e. The van der Waals surface area contributed by atoms with Crippen molar-refractivity contribution in [1.82, 2.24) is 10.3 Å². The van der Waals surface area contributed by atoms with E-state index >= 15 is 0 Å². The maximum absolute atomic E-state index is 12.4. The summed E-state index contributed by atoms with van der Waals surface area (Å²) >= 11 is 6.04. The van der Waals surface area contributed by atoms with Gasteiger partial charge in [0.2, 0.25) is 0 Å². The van der Waals surface area contributed by atoms with Crippen molar-refractivity contribution in [3.8, 4) is 11.5 Å². The van der Waals surface area contributed by atoms with Crippen molar-refractivity contribution in [3.63, 3.8) is 0 Å². The minimum atomic E-state index is -0.217. The third-order valence-electron chi connectivity index (χ3n) is 4.08. The number of halogens is 1. The molecule has 0 saturated carbocycles. The van der Waals surface area contributed by atoms with Gasteiger partial charge in [0.1, 0.15) is 17.3 Å². The molecule has 0 unspecified atom stereocenters. The first-order valence-corrected chi connectivity index (χ1v) is 8.95. The first-order chi connectivity index (χ1) is 13.6. The molecule has 144 valence electrons. The van der Waals surface area contributed by atoms with Crippen LogP contribution in [0.1, 0.15) is 15.9 Å². The highest BCUT2D eigenvalue weighted by atomic mass is 35.5. The predicted octanol–water partition coefficient (Wildman–Crippen LogP) is 4.43. The highest BCUT2D eigenvalue weighted by molar-refractivity contribution is 6.31. The van der Waals surface area contributed by atoms with Crippen LogP contribution in [-0.4, -0.2) is 25.1 Å². The first kappa shape index (κ1) is 19.5. The number of nitrogens with one attached hydrogen (secondary N) is 2. The molecule has 7 heteroatoms. The third kappa shape index (κ3) is 4.72. The molecule has 0 spiro atoms. The maximum atomic E-state index is 12.4. The SMILES string of the molecule is COc1ccccc1CNC(=O)c1ccc(Nc2cc(Cl)ccc2OC)nc1. The minimum absolute atomic E-state index is 0.217. The molecular weight excluding hydrogens is 378 g/mol. The molecule has 0 radical (unpaired) electrons. The Hall–Kier alpha value is -3.25. The number of nitrogens with zero attached hydrogens (tertiary/aromatic N) is 1. The molecule has 0 fully saturated rings. The standard InChI is InChI=1S/C21H20ClN3O3/c1-27-18-6-4-3-5-14(18)12-24-21(26)15-7-10-20(23-13-15)25-17-11-16(22)8-9-19(17)28-2/h3-11,13H,12H2,1-2H3,(H,23,25)(H,24,26). The van der Waals surface area contributed by atoms with Crippen molar-refractivity contribution >= 4 is 29.0 Å². The zero-order valence-corrected chi connectivity index (χ0v) is 16.3. The van der Waals surface area contributed by atoms with Gasteiger partial charge in [-0.1, -0.05) is 29.8 Å². The number of amides is 1. The summed E-state index contributed by atoms with van der Waals surface area (Å²) in [6, 6.07) is 16.2. The van der Waals surface area contributed by atoms with Gasteiger partial charge in [0.15, 0.2) is 0 Å². The smallest absolute Gasteiger partial charge is 0.253 e. The first-order valence-electron chi connectivity index (χ1n) is 8.57. The number of para-hydroxylation sites is 1. The number of methoxy groups -OCH3 is 2. The number of anilines is 2. The summed E-state index contributed by atoms with van der Waals surface area (Å²) in [5.74, 6) is 1.73. The number of benzene rings is 2. The molecule has 2 N–H and O–H groups in total. The van der Waals surface area contributed by atoms with Gasteiger partial charge in [0.25, 0.3) is 5.91 Å². The lowest BCUT2D eigenvalue weighted by atomic mass is 10.2. The molecule has 3 aromatic rings. The zero-order chi connectivity index (χ0) is 19.9. The number of carbonyl (C=O) groups excluding carboxylic acids is 1. The van der Waals surface area contributed by atoms with Gasteiger partial charge in [-0.05, 0) is 36.4 Å². The van der Waals surface area contributed by atoms with E-state index in [0.717, 1.165) is 11.3 Å². The van der Waals surface area contributed by atoms with Crippen LogP contribution in [0.5, 0.6) is 11.5 Å². The van der Waals surface area contributed by atoms with Crippen LogP contribution < -0.4 is 20.1 Å². The summed E-state index contributed by atoms with van der Waals surface area (Å²) in [6.45, 7) is 0.364. The molecule has 3 rings (SSSR count). The van der Waals surface area contributed by atoms with Gasteiger partial charge in [-0.25, -0.2) is 4.98 Å². The molecule has 1 heterocycles. The van der Waals surface area contributed by atoms with E-state index < -0.39 is 0 Å². The quantitative estimate of drug-likeness (QED) is 0.617. The van der Waals surface area contributed by atoms with E-state index in [1.807, 2.05) is 24.3 Å². The maximum Gasteiger partial charge on any atom is 0.253 e. The van der Waals surface area contributed by atoms with Gasteiger partial charge in [0.05, 0.1) is 25.5 Å². The molecule has 6 nitrogen and oxygen atoms in total. The summed E-state index contributed by atoms with van der Waals surface area (Å²) in [6.07, 6.45) is 1.51. The fraction of sp³-hybridized carbons (Fsp3) is 0.143. The Labute approximate surface area is 168 Å². The summed E-state index contributed by atoms with van der Waals surface area (Å²) in [5.41, 5.74) is 2.05. The average Bonchev–Trinajstić information content (AvgIpc) is 2.73. The Morgan fingerprint density at radius 3 is 2.54 bits per heavy atom. The van der Waals surface area contributed by atoms with E-state index in [2.05, 4.69) is 15.6 Å². The average molecular weight is 398 g/mol. The summed E-state index contributed by atoms with van der Waals surface area (Å²) in [4.78, 5) is 16.7. The number of rotatable bonds is 7. The van der Waals surface area contributed by atoms with Gasteiger partial charge in [-0.2, -0.15) is 0 Å². The molecule has 1 amide bonds. The highest BCUT2D eigenvalue weighted by Crippen LogP contribution is 2.29. The molecule has 2 aromatic carbocycles. The number of hydrogen-bond acceptors (Lipinski definition) is 5. The molecule has 0 aliphatic heterocycles. The lowest BCUT2D eigenvalue weighted by Gasteiger charge is -2.12. The normalized spacial score (nSPS) is 10.2. The molecule has 0 bridgehead atoms. The lowest BCUT2D eigenvalue weighted by molar-refractivity contribution is 0.0950. The Balaban J connectivity index is 1.65. The second-order valence-corrected chi connectivity index (χ2v) is 6.33. The summed E-state index contributed by atoms with van der Waals surface area (Å²) in [7, 11) is 3.18. The number of hydrogen-bond donors (Lipinski definition) is 2. The Morgan fingerprint density at radius 2 is 1.82 bits per heavy atom. The van der Waals surface area contributed by atoms with Crippen molar-refractivity contribution in [2.75, 3.05) is 19.5 Å². The van der Waals surface area contributed by atoms with Gasteiger partial charge in [-0.15, -0.1) is 0 Å².